The number of aliphatic carboxylic acids is 1. The maximum atomic E-state index is 12.2. The minimum atomic E-state index is -0.894. The van der Waals surface area contributed by atoms with Crippen LogP contribution < -0.4 is 5.32 Å². The zero-order valence-electron chi connectivity index (χ0n) is 12.6. The monoisotopic (exact) mass is 321 g/mol. The normalized spacial score (nSPS) is 13.4. The highest BCUT2D eigenvalue weighted by molar-refractivity contribution is 5.75. The van der Waals surface area contributed by atoms with Gasteiger partial charge in [0.2, 0.25) is 0 Å². The van der Waals surface area contributed by atoms with Crippen molar-refractivity contribution in [3.63, 3.8) is 0 Å². The number of hydrogen-bond acceptors (Lipinski definition) is 4. The second-order valence-electron chi connectivity index (χ2n) is 5.52. The summed E-state index contributed by atoms with van der Waals surface area (Å²) in [6.07, 6.45) is 2.21. The smallest absolute Gasteiger partial charge is 0.317 e. The molecule has 0 bridgehead atoms. The molecule has 8 heteroatoms. The van der Waals surface area contributed by atoms with E-state index in [2.05, 4.69) is 5.32 Å². The zero-order valence-corrected chi connectivity index (χ0v) is 12.6. The summed E-state index contributed by atoms with van der Waals surface area (Å²) in [5.41, 5.74) is 0.701. The van der Waals surface area contributed by atoms with E-state index in [-0.39, 0.29) is 24.2 Å². The van der Waals surface area contributed by atoms with Crippen LogP contribution in [0.4, 0.5) is 10.5 Å². The second kappa shape index (κ2) is 7.57. The number of hydrogen-bond donors (Lipinski definition) is 2. The summed E-state index contributed by atoms with van der Waals surface area (Å²) < 4.78 is 0. The van der Waals surface area contributed by atoms with Gasteiger partial charge >= 0.3 is 12.0 Å². The van der Waals surface area contributed by atoms with Crippen molar-refractivity contribution in [3.05, 3.63) is 39.9 Å². The molecule has 1 aliphatic rings. The van der Waals surface area contributed by atoms with E-state index in [4.69, 9.17) is 5.11 Å². The van der Waals surface area contributed by atoms with Crippen molar-refractivity contribution in [3.8, 4) is 0 Å². The molecule has 0 unspecified atom stereocenters. The van der Waals surface area contributed by atoms with Gasteiger partial charge in [0.25, 0.3) is 5.69 Å². The molecule has 0 spiro atoms. The standard InChI is InChI=1S/C15H19N3O5/c19-14(20)5-2-8-16-15(21)17(12-6-7-12)10-11-3-1-4-13(9-11)18(22)23/h1,3-4,9,12H,2,5-8,10H2,(H,16,21)(H,19,20). The first-order valence-corrected chi connectivity index (χ1v) is 7.47. The molecule has 2 rings (SSSR count). The predicted molar refractivity (Wildman–Crippen MR) is 81.9 cm³/mol. The van der Waals surface area contributed by atoms with Crippen molar-refractivity contribution in [1.82, 2.24) is 10.2 Å². The Hall–Kier alpha value is -2.64. The van der Waals surface area contributed by atoms with Crippen LogP contribution in [-0.4, -0.2) is 39.5 Å². The number of carboxylic acids is 1. The van der Waals surface area contributed by atoms with Gasteiger partial charge in [0.1, 0.15) is 0 Å². The van der Waals surface area contributed by atoms with Crippen LogP contribution in [0.15, 0.2) is 24.3 Å². The number of non-ortho nitro benzene ring substituents is 1. The van der Waals surface area contributed by atoms with Gasteiger partial charge in [0, 0.05) is 37.7 Å². The zero-order chi connectivity index (χ0) is 16.8. The molecule has 1 aliphatic carbocycles. The summed E-state index contributed by atoms with van der Waals surface area (Å²) in [5.74, 6) is -0.894. The van der Waals surface area contributed by atoms with E-state index in [1.807, 2.05) is 0 Å². The Bertz CT molecular complexity index is 601. The maximum absolute atomic E-state index is 12.2. The van der Waals surface area contributed by atoms with Crippen LogP contribution in [0.25, 0.3) is 0 Å². The Morgan fingerprint density at radius 2 is 2.13 bits per heavy atom. The summed E-state index contributed by atoms with van der Waals surface area (Å²) in [6, 6.07) is 6.12. The highest BCUT2D eigenvalue weighted by Crippen LogP contribution is 2.29. The summed E-state index contributed by atoms with van der Waals surface area (Å²) in [4.78, 5) is 34.7. The predicted octanol–water partition coefficient (Wildman–Crippen LogP) is 2.13. The molecule has 1 fully saturated rings. The number of nitro groups is 1. The Balaban J connectivity index is 1.93. The summed E-state index contributed by atoms with van der Waals surface area (Å²) in [7, 11) is 0. The third kappa shape index (κ3) is 5.24. The number of urea groups is 1. The first-order valence-electron chi connectivity index (χ1n) is 7.47. The number of nitrogens with zero attached hydrogens (tertiary/aromatic N) is 2. The lowest BCUT2D eigenvalue weighted by molar-refractivity contribution is -0.384. The minimum absolute atomic E-state index is 0.000105. The average molecular weight is 321 g/mol. The van der Waals surface area contributed by atoms with Crippen molar-refractivity contribution in [2.75, 3.05) is 6.54 Å². The van der Waals surface area contributed by atoms with Crippen molar-refractivity contribution in [1.29, 1.82) is 0 Å². The number of amides is 2. The third-order valence-corrected chi connectivity index (χ3v) is 3.57. The molecule has 23 heavy (non-hydrogen) atoms. The molecule has 1 aromatic rings. The van der Waals surface area contributed by atoms with Gasteiger partial charge in [-0.15, -0.1) is 0 Å². The van der Waals surface area contributed by atoms with Crippen LogP contribution in [0.1, 0.15) is 31.2 Å². The fourth-order valence-electron chi connectivity index (χ4n) is 2.25. The maximum Gasteiger partial charge on any atom is 0.317 e. The fraction of sp³-hybridized carbons (Fsp3) is 0.467. The lowest BCUT2D eigenvalue weighted by atomic mass is 10.2. The molecule has 2 N–H and O–H groups in total. The summed E-state index contributed by atoms with van der Waals surface area (Å²) in [6.45, 7) is 0.598. The number of nitro benzene ring substituents is 1. The molecule has 124 valence electrons. The van der Waals surface area contributed by atoms with Gasteiger partial charge in [-0.1, -0.05) is 12.1 Å². The van der Waals surface area contributed by atoms with Crippen molar-refractivity contribution in [2.45, 2.75) is 38.3 Å². The Morgan fingerprint density at radius 3 is 2.74 bits per heavy atom. The molecule has 0 aliphatic heterocycles. The highest BCUT2D eigenvalue weighted by atomic mass is 16.6. The third-order valence-electron chi connectivity index (χ3n) is 3.57. The first-order chi connectivity index (χ1) is 11.0. The quantitative estimate of drug-likeness (QED) is 0.432. The van der Waals surface area contributed by atoms with Crippen LogP contribution in [0.3, 0.4) is 0 Å². The minimum Gasteiger partial charge on any atom is -0.481 e. The van der Waals surface area contributed by atoms with Crippen molar-refractivity contribution < 1.29 is 19.6 Å². The number of rotatable bonds is 8. The second-order valence-corrected chi connectivity index (χ2v) is 5.52. The SMILES string of the molecule is O=C(O)CCCNC(=O)N(Cc1cccc([N+](=O)[O-])c1)C1CC1. The van der Waals surface area contributed by atoms with Crippen LogP contribution >= 0.6 is 0 Å². The molecule has 0 atom stereocenters. The van der Waals surface area contributed by atoms with E-state index >= 15 is 0 Å². The molecule has 1 saturated carbocycles. The molecule has 8 nitrogen and oxygen atoms in total. The van der Waals surface area contributed by atoms with E-state index in [1.54, 1.807) is 17.0 Å². The van der Waals surface area contributed by atoms with E-state index < -0.39 is 10.9 Å². The fourth-order valence-corrected chi connectivity index (χ4v) is 2.25. The molecule has 2 amide bonds. The van der Waals surface area contributed by atoms with Gasteiger partial charge in [0.15, 0.2) is 0 Å². The average Bonchev–Trinajstić information content (AvgIpc) is 3.33. The van der Waals surface area contributed by atoms with Crippen molar-refractivity contribution in [2.24, 2.45) is 0 Å². The highest BCUT2D eigenvalue weighted by Gasteiger charge is 2.32. The Kier molecular flexibility index (Phi) is 5.51. The number of benzene rings is 1. The van der Waals surface area contributed by atoms with Crippen LogP contribution in [0.5, 0.6) is 0 Å². The van der Waals surface area contributed by atoms with Gasteiger partial charge in [0.05, 0.1) is 4.92 Å². The molecular formula is C15H19N3O5. The molecule has 0 saturated heterocycles. The molecule has 1 aromatic carbocycles. The molecular weight excluding hydrogens is 302 g/mol. The number of nitrogens with one attached hydrogen (secondary N) is 1. The van der Waals surface area contributed by atoms with Gasteiger partial charge in [-0.25, -0.2) is 4.79 Å². The number of carbonyl (C=O) groups excluding carboxylic acids is 1. The van der Waals surface area contributed by atoms with Gasteiger partial charge < -0.3 is 15.3 Å². The lowest BCUT2D eigenvalue weighted by Crippen LogP contribution is -2.41. The van der Waals surface area contributed by atoms with Crippen LogP contribution in [0, 0.1) is 10.1 Å². The summed E-state index contributed by atoms with van der Waals surface area (Å²) >= 11 is 0. The lowest BCUT2D eigenvalue weighted by Gasteiger charge is -2.23. The van der Waals surface area contributed by atoms with Crippen LogP contribution in [0.2, 0.25) is 0 Å². The van der Waals surface area contributed by atoms with Crippen molar-refractivity contribution >= 4 is 17.7 Å². The number of carboxylic acid groups (broad SMARTS) is 1. The van der Waals surface area contributed by atoms with Gasteiger partial charge in [-0.05, 0) is 24.8 Å². The molecule has 0 radical (unpaired) electrons. The Morgan fingerprint density at radius 1 is 1.39 bits per heavy atom. The van der Waals surface area contributed by atoms with Gasteiger partial charge in [-0.2, -0.15) is 0 Å². The topological polar surface area (TPSA) is 113 Å². The number of carbonyl (C=O) groups is 2. The largest absolute Gasteiger partial charge is 0.481 e. The van der Waals surface area contributed by atoms with E-state index in [9.17, 15) is 19.7 Å². The first kappa shape index (κ1) is 16.7. The van der Waals surface area contributed by atoms with E-state index in [1.165, 1.54) is 12.1 Å². The molecule has 0 aromatic heterocycles. The van der Waals surface area contributed by atoms with Gasteiger partial charge in [-0.3, -0.25) is 14.9 Å². The van der Waals surface area contributed by atoms with E-state index in [0.717, 1.165) is 12.8 Å². The summed E-state index contributed by atoms with van der Waals surface area (Å²) in [5, 5.41) is 22.1. The van der Waals surface area contributed by atoms with E-state index in [0.29, 0.717) is 25.1 Å². The van der Waals surface area contributed by atoms with Crippen LogP contribution in [-0.2, 0) is 11.3 Å². The Labute approximate surface area is 133 Å². The molecule has 0 heterocycles.